The molecule has 72 valence electrons. The summed E-state index contributed by atoms with van der Waals surface area (Å²) in [6.07, 6.45) is 1.51. The fourth-order valence-corrected chi connectivity index (χ4v) is 0.971. The minimum absolute atomic E-state index is 0.252. The molecule has 1 unspecified atom stereocenters. The van der Waals surface area contributed by atoms with Crippen LogP contribution in [0.1, 0.15) is 25.5 Å². The molecule has 0 radical (unpaired) electrons. The average molecular weight is 181 g/mol. The molecule has 0 saturated heterocycles. The number of hydrogen-bond acceptors (Lipinski definition) is 4. The summed E-state index contributed by atoms with van der Waals surface area (Å²) in [5.41, 5.74) is 6.46. The van der Waals surface area contributed by atoms with Crippen molar-refractivity contribution in [2.24, 2.45) is 5.73 Å². The monoisotopic (exact) mass is 181 g/mol. The number of rotatable bonds is 4. The van der Waals surface area contributed by atoms with Crippen LogP contribution in [-0.4, -0.2) is 23.1 Å². The van der Waals surface area contributed by atoms with E-state index in [1.165, 1.54) is 6.33 Å². The Bertz CT molecular complexity index is 265. The smallest absolute Gasteiger partial charge is 0.216 e. The number of hydrogen-bond donors (Lipinski definition) is 1. The topological polar surface area (TPSA) is 61.0 Å². The Morgan fingerprint density at radius 3 is 2.92 bits per heavy atom. The van der Waals surface area contributed by atoms with Gasteiger partial charge in [-0.2, -0.15) is 0 Å². The zero-order valence-electron chi connectivity index (χ0n) is 8.03. The van der Waals surface area contributed by atoms with E-state index in [2.05, 4.69) is 9.97 Å². The van der Waals surface area contributed by atoms with E-state index < -0.39 is 0 Å². The lowest BCUT2D eigenvalue weighted by Crippen LogP contribution is -2.10. The molecule has 1 heterocycles. The van der Waals surface area contributed by atoms with Crippen LogP contribution in [0.4, 0.5) is 0 Å². The van der Waals surface area contributed by atoms with Gasteiger partial charge in [-0.25, -0.2) is 9.97 Å². The molecule has 1 atom stereocenters. The van der Waals surface area contributed by atoms with Gasteiger partial charge in [0.15, 0.2) is 0 Å². The molecule has 1 aromatic heterocycles. The summed E-state index contributed by atoms with van der Waals surface area (Å²) in [6, 6.07) is 1.83. The molecule has 0 aliphatic carbocycles. The van der Waals surface area contributed by atoms with Crippen molar-refractivity contribution in [2.45, 2.75) is 19.8 Å². The van der Waals surface area contributed by atoms with E-state index in [4.69, 9.17) is 10.5 Å². The van der Waals surface area contributed by atoms with Crippen molar-refractivity contribution < 1.29 is 4.74 Å². The van der Waals surface area contributed by atoms with Crippen LogP contribution in [0.2, 0.25) is 0 Å². The average Bonchev–Trinajstić information content (AvgIpc) is 2.18. The van der Waals surface area contributed by atoms with Crippen molar-refractivity contribution in [3.05, 3.63) is 18.1 Å². The highest BCUT2D eigenvalue weighted by Gasteiger charge is 2.06. The lowest BCUT2D eigenvalue weighted by Gasteiger charge is -2.08. The fourth-order valence-electron chi connectivity index (χ4n) is 0.971. The van der Waals surface area contributed by atoms with Crippen LogP contribution in [0.5, 0.6) is 5.88 Å². The maximum atomic E-state index is 5.53. The Morgan fingerprint density at radius 1 is 1.54 bits per heavy atom. The van der Waals surface area contributed by atoms with Gasteiger partial charge >= 0.3 is 0 Å². The van der Waals surface area contributed by atoms with Crippen LogP contribution in [-0.2, 0) is 0 Å². The Balaban J connectivity index is 2.78. The maximum Gasteiger partial charge on any atom is 0.216 e. The zero-order chi connectivity index (χ0) is 9.68. The first kappa shape index (κ1) is 9.92. The Hall–Kier alpha value is -1.16. The molecule has 0 amide bonds. The quantitative estimate of drug-likeness (QED) is 0.750. The molecule has 4 heteroatoms. The first-order valence-electron chi connectivity index (χ1n) is 4.42. The molecular formula is C9H15N3O. The summed E-state index contributed by atoms with van der Waals surface area (Å²) in [5.74, 6) is 0.870. The Morgan fingerprint density at radius 2 is 2.31 bits per heavy atom. The highest BCUT2D eigenvalue weighted by molar-refractivity contribution is 5.16. The molecular weight excluding hydrogens is 166 g/mol. The van der Waals surface area contributed by atoms with Gasteiger partial charge in [0.2, 0.25) is 5.88 Å². The molecule has 0 aliphatic heterocycles. The third-order valence-electron chi connectivity index (χ3n) is 1.81. The second-order valence-electron chi connectivity index (χ2n) is 2.85. The molecule has 13 heavy (non-hydrogen) atoms. The van der Waals surface area contributed by atoms with E-state index in [0.29, 0.717) is 19.0 Å². The van der Waals surface area contributed by atoms with Crippen molar-refractivity contribution in [3.8, 4) is 5.88 Å². The Kier molecular flexibility index (Phi) is 3.64. The third-order valence-corrected chi connectivity index (χ3v) is 1.81. The van der Waals surface area contributed by atoms with Crippen molar-refractivity contribution in [2.75, 3.05) is 13.2 Å². The molecule has 0 aromatic carbocycles. The zero-order valence-corrected chi connectivity index (χ0v) is 8.03. The van der Waals surface area contributed by atoms with Crippen LogP contribution in [0, 0.1) is 0 Å². The van der Waals surface area contributed by atoms with Gasteiger partial charge in [-0.1, -0.05) is 6.92 Å². The molecule has 0 fully saturated rings. The second kappa shape index (κ2) is 4.77. The fraction of sp³-hybridized carbons (Fsp3) is 0.556. The van der Waals surface area contributed by atoms with E-state index >= 15 is 0 Å². The molecule has 1 rings (SSSR count). The number of ether oxygens (including phenoxy) is 1. The van der Waals surface area contributed by atoms with Crippen molar-refractivity contribution in [1.29, 1.82) is 0 Å². The second-order valence-corrected chi connectivity index (χ2v) is 2.85. The van der Waals surface area contributed by atoms with E-state index in [9.17, 15) is 0 Å². The van der Waals surface area contributed by atoms with Crippen LogP contribution in [0.3, 0.4) is 0 Å². The summed E-state index contributed by atoms with van der Waals surface area (Å²) < 4.78 is 5.25. The van der Waals surface area contributed by atoms with Gasteiger partial charge in [0.1, 0.15) is 6.33 Å². The van der Waals surface area contributed by atoms with E-state index in [1.807, 2.05) is 19.9 Å². The standard InChI is InChI=1S/C9H15N3O/c1-3-13-9-4-8(7(2)5-10)11-6-12-9/h4,6-7H,3,5,10H2,1-2H3. The Labute approximate surface area is 78.1 Å². The highest BCUT2D eigenvalue weighted by Crippen LogP contribution is 2.14. The lowest BCUT2D eigenvalue weighted by molar-refractivity contribution is 0.325. The first-order valence-corrected chi connectivity index (χ1v) is 4.42. The van der Waals surface area contributed by atoms with Crippen molar-refractivity contribution in [1.82, 2.24) is 9.97 Å². The van der Waals surface area contributed by atoms with Crippen LogP contribution in [0.25, 0.3) is 0 Å². The van der Waals surface area contributed by atoms with Gasteiger partial charge in [-0.15, -0.1) is 0 Å². The van der Waals surface area contributed by atoms with Crippen molar-refractivity contribution >= 4 is 0 Å². The molecule has 0 spiro atoms. The van der Waals surface area contributed by atoms with Crippen LogP contribution < -0.4 is 10.5 Å². The highest BCUT2D eigenvalue weighted by atomic mass is 16.5. The minimum atomic E-state index is 0.252. The SMILES string of the molecule is CCOc1cc(C(C)CN)ncn1. The number of nitrogens with zero attached hydrogens (tertiary/aromatic N) is 2. The van der Waals surface area contributed by atoms with E-state index in [1.54, 1.807) is 0 Å². The molecule has 0 aliphatic rings. The summed E-state index contributed by atoms with van der Waals surface area (Å²) in [4.78, 5) is 8.09. The molecule has 2 N–H and O–H groups in total. The van der Waals surface area contributed by atoms with Gasteiger partial charge in [0.25, 0.3) is 0 Å². The predicted octanol–water partition coefficient (Wildman–Crippen LogP) is 0.938. The van der Waals surface area contributed by atoms with Gasteiger partial charge in [-0.05, 0) is 6.92 Å². The molecule has 0 saturated carbocycles. The van der Waals surface area contributed by atoms with Gasteiger partial charge < -0.3 is 10.5 Å². The normalized spacial score (nSPS) is 12.5. The minimum Gasteiger partial charge on any atom is -0.478 e. The maximum absolute atomic E-state index is 5.53. The summed E-state index contributed by atoms with van der Waals surface area (Å²) >= 11 is 0. The van der Waals surface area contributed by atoms with Gasteiger partial charge in [0.05, 0.1) is 12.3 Å². The summed E-state index contributed by atoms with van der Waals surface area (Å²) in [6.45, 7) is 5.15. The molecule has 0 bridgehead atoms. The molecule has 1 aromatic rings. The van der Waals surface area contributed by atoms with E-state index in [0.717, 1.165) is 5.69 Å². The lowest BCUT2D eigenvalue weighted by atomic mass is 10.1. The summed E-state index contributed by atoms with van der Waals surface area (Å²) in [5, 5.41) is 0. The largest absolute Gasteiger partial charge is 0.478 e. The van der Waals surface area contributed by atoms with Crippen molar-refractivity contribution in [3.63, 3.8) is 0 Å². The molecule has 4 nitrogen and oxygen atoms in total. The number of nitrogens with two attached hydrogens (primary N) is 1. The first-order chi connectivity index (χ1) is 6.27. The van der Waals surface area contributed by atoms with Gasteiger partial charge in [0, 0.05) is 18.5 Å². The van der Waals surface area contributed by atoms with Gasteiger partial charge in [-0.3, -0.25) is 0 Å². The van der Waals surface area contributed by atoms with Crippen LogP contribution >= 0.6 is 0 Å². The summed E-state index contributed by atoms with van der Waals surface area (Å²) in [7, 11) is 0. The third kappa shape index (κ3) is 2.66. The number of aromatic nitrogens is 2. The van der Waals surface area contributed by atoms with E-state index in [-0.39, 0.29) is 5.92 Å². The predicted molar refractivity (Wildman–Crippen MR) is 50.7 cm³/mol. The van der Waals surface area contributed by atoms with Crippen LogP contribution in [0.15, 0.2) is 12.4 Å².